The van der Waals surface area contributed by atoms with E-state index in [1.165, 1.54) is 0 Å². The van der Waals surface area contributed by atoms with E-state index in [0.717, 1.165) is 19.3 Å². The van der Waals surface area contributed by atoms with Crippen LogP contribution >= 0.6 is 0 Å². The van der Waals surface area contributed by atoms with E-state index in [0.29, 0.717) is 32.1 Å². The highest BCUT2D eigenvalue weighted by atomic mass is 16.8. The number of hydrogen-bond acceptors (Lipinski definition) is 19. The fourth-order valence-electron chi connectivity index (χ4n) is 15.3. The van der Waals surface area contributed by atoms with Gasteiger partial charge in [-0.3, -0.25) is 0 Å². The third kappa shape index (κ3) is 8.16. The van der Waals surface area contributed by atoms with Crippen LogP contribution in [0.2, 0.25) is 0 Å². The van der Waals surface area contributed by atoms with Gasteiger partial charge in [-0.15, -0.1) is 0 Å². The average molecular weight is 949 g/mol. The third-order valence-electron chi connectivity index (χ3n) is 19.1. The van der Waals surface area contributed by atoms with Crippen molar-refractivity contribution in [1.29, 1.82) is 0 Å². The van der Waals surface area contributed by atoms with Crippen LogP contribution in [0.4, 0.5) is 0 Å². The van der Waals surface area contributed by atoms with Gasteiger partial charge in [0, 0.05) is 0 Å². The summed E-state index contributed by atoms with van der Waals surface area (Å²) in [6.45, 7) is 14.5. The van der Waals surface area contributed by atoms with Crippen molar-refractivity contribution in [2.45, 2.75) is 228 Å². The van der Waals surface area contributed by atoms with Crippen molar-refractivity contribution in [2.75, 3.05) is 19.8 Å². The van der Waals surface area contributed by atoms with Crippen LogP contribution in [0.5, 0.6) is 0 Å². The van der Waals surface area contributed by atoms with Gasteiger partial charge in [0.1, 0.15) is 67.1 Å². The first kappa shape index (κ1) is 51.6. The summed E-state index contributed by atoms with van der Waals surface area (Å²) in [6, 6.07) is 0. The van der Waals surface area contributed by atoms with Crippen LogP contribution in [0.15, 0.2) is 0 Å². The molecule has 12 N–H and O–H groups in total. The molecule has 0 aromatic rings. The van der Waals surface area contributed by atoms with Crippen LogP contribution < -0.4 is 0 Å². The van der Waals surface area contributed by atoms with Crippen molar-refractivity contribution in [3.63, 3.8) is 0 Å². The lowest BCUT2D eigenvalue weighted by molar-refractivity contribution is -0.397. The Bertz CT molecular complexity index is 1700. The fraction of sp³-hybridized carbons (Fsp3) is 1.00. The van der Waals surface area contributed by atoms with Crippen molar-refractivity contribution < 1.29 is 94.4 Å². The molecule has 19 nitrogen and oxygen atoms in total. The summed E-state index contributed by atoms with van der Waals surface area (Å²) in [6.07, 6.45) is -20.7. The molecular formula is C47H80O19. The van der Waals surface area contributed by atoms with E-state index in [1.807, 2.05) is 13.8 Å². The predicted molar refractivity (Wildman–Crippen MR) is 228 cm³/mol. The molecule has 4 heterocycles. The van der Waals surface area contributed by atoms with Gasteiger partial charge in [0.05, 0.1) is 55.4 Å². The Morgan fingerprint density at radius 3 is 1.76 bits per heavy atom. The molecule has 4 aliphatic carbocycles. The molecule has 0 aromatic carbocycles. The smallest absolute Gasteiger partial charge is 0.187 e. The molecule has 0 spiro atoms. The summed E-state index contributed by atoms with van der Waals surface area (Å²) in [4.78, 5) is 0. The zero-order valence-electron chi connectivity index (χ0n) is 39.7. The van der Waals surface area contributed by atoms with Gasteiger partial charge in [0.25, 0.3) is 0 Å². The van der Waals surface area contributed by atoms with Gasteiger partial charge in [0.15, 0.2) is 18.9 Å². The molecule has 4 saturated heterocycles. The summed E-state index contributed by atoms with van der Waals surface area (Å²) >= 11 is 0. The van der Waals surface area contributed by atoms with E-state index < -0.39 is 157 Å². The molecule has 382 valence electrons. The normalized spacial score (nSPS) is 56.4. The summed E-state index contributed by atoms with van der Waals surface area (Å²) < 4.78 is 43.9. The Kier molecular flexibility index (Phi) is 14.1. The number of hydrogen-bond donors (Lipinski definition) is 12. The standard InChI is InChI=1S/C47H80O19/c1-42(2)27(52)10-12-44(5)26-15-21(50)29-20(47(8)14-11-28(66-47)43(3,4)59)9-13-45(29,6)46(26,7)16-23(38(42)44)61-40-36(33(56)31(54)24(17-48)62-40)65-41-37(34(57)32(55)25(18-49)63-41)64-39-35(58)30(53)22(51)19-60-39/h20-41,48-59H,9-19H2,1-8H3. The van der Waals surface area contributed by atoms with Crippen molar-refractivity contribution in [1.82, 2.24) is 0 Å². The number of ether oxygens (including phenoxy) is 7. The molecule has 26 atom stereocenters. The van der Waals surface area contributed by atoms with Crippen LogP contribution in [0.25, 0.3) is 0 Å². The van der Waals surface area contributed by atoms with Gasteiger partial charge in [-0.25, -0.2) is 0 Å². The van der Waals surface area contributed by atoms with Gasteiger partial charge >= 0.3 is 0 Å². The highest BCUT2D eigenvalue weighted by Crippen LogP contribution is 2.76. The molecule has 0 aromatic heterocycles. The summed E-state index contributed by atoms with van der Waals surface area (Å²) in [7, 11) is 0. The van der Waals surface area contributed by atoms with Crippen LogP contribution in [0, 0.1) is 45.3 Å². The van der Waals surface area contributed by atoms with E-state index >= 15 is 0 Å². The Labute approximate surface area is 387 Å². The molecule has 0 bridgehead atoms. The quantitative estimate of drug-likeness (QED) is 0.114. The maximum atomic E-state index is 12.5. The summed E-state index contributed by atoms with van der Waals surface area (Å²) in [5.74, 6) is -0.564. The Morgan fingerprint density at radius 1 is 0.621 bits per heavy atom. The van der Waals surface area contributed by atoms with E-state index in [2.05, 4.69) is 27.7 Å². The van der Waals surface area contributed by atoms with Gasteiger partial charge in [0.2, 0.25) is 0 Å². The minimum atomic E-state index is -1.87. The fourth-order valence-corrected chi connectivity index (χ4v) is 15.3. The van der Waals surface area contributed by atoms with Gasteiger partial charge in [-0.1, -0.05) is 34.6 Å². The van der Waals surface area contributed by atoms with E-state index in [4.69, 9.17) is 33.2 Å². The zero-order chi connectivity index (χ0) is 48.4. The second-order valence-electron chi connectivity index (χ2n) is 23.6. The van der Waals surface area contributed by atoms with Crippen molar-refractivity contribution in [3.05, 3.63) is 0 Å². The Hall–Kier alpha value is -0.760. The first-order valence-electron chi connectivity index (χ1n) is 24.3. The largest absolute Gasteiger partial charge is 0.394 e. The second-order valence-corrected chi connectivity index (χ2v) is 23.6. The zero-order valence-corrected chi connectivity index (χ0v) is 39.7. The van der Waals surface area contributed by atoms with Gasteiger partial charge < -0.3 is 94.4 Å². The molecule has 8 aliphatic rings. The molecule has 66 heavy (non-hydrogen) atoms. The van der Waals surface area contributed by atoms with E-state index in [9.17, 15) is 61.3 Å². The maximum Gasteiger partial charge on any atom is 0.187 e. The lowest BCUT2D eigenvalue weighted by Crippen LogP contribution is -2.71. The van der Waals surface area contributed by atoms with E-state index in [-0.39, 0.29) is 29.8 Å². The Morgan fingerprint density at radius 2 is 1.20 bits per heavy atom. The highest BCUT2D eigenvalue weighted by Gasteiger charge is 2.74. The second kappa shape index (κ2) is 18.1. The SMILES string of the molecule is CC(C)(O)C1CCC(C)(C2CCC3(C)C2C(O)CC2C4(C)CCC(O)C(C)(C)C4C(OC4OC(CO)C(O)C(O)C4OC4OC(CO)C(O)C(O)C4OC4OCC(O)C(O)C4O)CC23C)O1. The van der Waals surface area contributed by atoms with Gasteiger partial charge in [-0.05, 0) is 117 Å². The molecule has 4 aliphatic heterocycles. The topological polar surface area (TPSA) is 307 Å². The summed E-state index contributed by atoms with van der Waals surface area (Å²) in [5.41, 5.74) is -3.83. The maximum absolute atomic E-state index is 12.5. The Balaban J connectivity index is 1.15. The first-order valence-corrected chi connectivity index (χ1v) is 24.3. The van der Waals surface area contributed by atoms with Crippen molar-refractivity contribution >= 4 is 0 Å². The molecular weight excluding hydrogens is 868 g/mol. The van der Waals surface area contributed by atoms with Crippen molar-refractivity contribution in [2.24, 2.45) is 45.3 Å². The number of rotatable bonds is 10. The number of aliphatic hydroxyl groups excluding tert-OH is 11. The summed E-state index contributed by atoms with van der Waals surface area (Å²) in [5, 5.41) is 133. The molecule has 19 heteroatoms. The molecule has 26 unspecified atom stereocenters. The predicted octanol–water partition coefficient (Wildman–Crippen LogP) is -1.21. The lowest BCUT2D eigenvalue weighted by atomic mass is 9.34. The minimum Gasteiger partial charge on any atom is -0.394 e. The number of aliphatic hydroxyl groups is 12. The van der Waals surface area contributed by atoms with Crippen LogP contribution in [0.3, 0.4) is 0 Å². The first-order chi connectivity index (χ1) is 30.7. The number of fused-ring (bicyclic) bond motifs is 5. The molecule has 4 saturated carbocycles. The van der Waals surface area contributed by atoms with Gasteiger partial charge in [-0.2, -0.15) is 0 Å². The van der Waals surface area contributed by atoms with E-state index in [1.54, 1.807) is 13.8 Å². The average Bonchev–Trinajstić information content (AvgIpc) is 3.85. The van der Waals surface area contributed by atoms with Crippen molar-refractivity contribution in [3.8, 4) is 0 Å². The van der Waals surface area contributed by atoms with Crippen LogP contribution in [-0.4, -0.2) is 203 Å². The highest BCUT2D eigenvalue weighted by molar-refractivity contribution is 5.22. The van der Waals surface area contributed by atoms with Crippen LogP contribution in [-0.2, 0) is 33.2 Å². The molecule has 8 fully saturated rings. The third-order valence-corrected chi connectivity index (χ3v) is 19.1. The van der Waals surface area contributed by atoms with Crippen LogP contribution in [0.1, 0.15) is 107 Å². The monoisotopic (exact) mass is 949 g/mol. The molecule has 0 amide bonds. The molecule has 8 rings (SSSR count). The minimum absolute atomic E-state index is 0.00530. The molecule has 0 radical (unpaired) electrons. The lowest BCUT2D eigenvalue weighted by Gasteiger charge is -2.72.